The Kier molecular flexibility index (Phi) is 7.86. The molecular weight excluding hydrogens is 503 g/mol. The normalized spacial score (nSPS) is 19.3. The lowest BCUT2D eigenvalue weighted by Crippen LogP contribution is -2.52. The third-order valence-corrected chi connectivity index (χ3v) is 9.08. The highest BCUT2D eigenvalue weighted by Gasteiger charge is 2.45. The smallest absolute Gasteiger partial charge is 0.264 e. The SMILES string of the molecule is COc1ccc(-c2ccc3c(c2)CN(CC[C@](C)(C(=O)NOC2CCCCO2)S(C)(=O)=O)C3=O)c(F)c1. The van der Waals surface area contributed by atoms with E-state index in [0.29, 0.717) is 41.0 Å². The zero-order valence-electron chi connectivity index (χ0n) is 21.1. The molecule has 4 rings (SSSR count). The van der Waals surface area contributed by atoms with Crippen LogP contribution in [0, 0.1) is 5.82 Å². The minimum absolute atomic E-state index is 0.0245. The van der Waals surface area contributed by atoms with E-state index in [-0.39, 0.29) is 25.4 Å². The van der Waals surface area contributed by atoms with Gasteiger partial charge in [-0.05, 0) is 61.6 Å². The summed E-state index contributed by atoms with van der Waals surface area (Å²) in [6.45, 7) is 2.07. The van der Waals surface area contributed by atoms with Crippen molar-refractivity contribution in [2.45, 2.75) is 50.2 Å². The number of hydrogen-bond donors (Lipinski definition) is 1. The average Bonchev–Trinajstić information content (AvgIpc) is 3.20. The van der Waals surface area contributed by atoms with Gasteiger partial charge in [-0.3, -0.25) is 9.59 Å². The minimum Gasteiger partial charge on any atom is -0.497 e. The quantitative estimate of drug-likeness (QED) is 0.492. The number of carbonyl (C=O) groups excluding carboxylic acids is 2. The first-order chi connectivity index (χ1) is 17.5. The maximum Gasteiger partial charge on any atom is 0.264 e. The van der Waals surface area contributed by atoms with Crippen molar-refractivity contribution >= 4 is 21.7 Å². The van der Waals surface area contributed by atoms with Crippen molar-refractivity contribution in [2.24, 2.45) is 0 Å². The number of hydroxylamine groups is 1. The van der Waals surface area contributed by atoms with E-state index in [2.05, 4.69) is 5.48 Å². The van der Waals surface area contributed by atoms with Gasteiger partial charge in [-0.25, -0.2) is 23.1 Å². The van der Waals surface area contributed by atoms with Crippen LogP contribution in [0.5, 0.6) is 5.75 Å². The largest absolute Gasteiger partial charge is 0.497 e. The molecule has 9 nitrogen and oxygen atoms in total. The summed E-state index contributed by atoms with van der Waals surface area (Å²) in [7, 11) is -2.41. The lowest BCUT2D eigenvalue weighted by Gasteiger charge is -2.29. The molecule has 2 aliphatic rings. The number of sulfone groups is 1. The first-order valence-corrected chi connectivity index (χ1v) is 14.0. The van der Waals surface area contributed by atoms with Gasteiger partial charge in [0.05, 0.1) is 7.11 Å². The molecular formula is C26H31FN2O7S. The first kappa shape index (κ1) is 27.0. The van der Waals surface area contributed by atoms with Crippen LogP contribution in [-0.4, -0.2) is 62.7 Å². The van der Waals surface area contributed by atoms with Crippen molar-refractivity contribution in [1.82, 2.24) is 10.4 Å². The van der Waals surface area contributed by atoms with E-state index in [1.807, 2.05) is 0 Å². The van der Waals surface area contributed by atoms with Gasteiger partial charge in [0.1, 0.15) is 11.6 Å². The molecule has 0 aliphatic carbocycles. The van der Waals surface area contributed by atoms with Crippen LogP contribution in [-0.2, 0) is 30.8 Å². The van der Waals surface area contributed by atoms with Crippen molar-refractivity contribution < 1.29 is 36.7 Å². The van der Waals surface area contributed by atoms with Gasteiger partial charge in [0, 0.05) is 49.6 Å². The van der Waals surface area contributed by atoms with Crippen molar-refractivity contribution in [3.05, 3.63) is 53.3 Å². The number of ether oxygens (including phenoxy) is 2. The van der Waals surface area contributed by atoms with Crippen LogP contribution in [0.4, 0.5) is 4.39 Å². The van der Waals surface area contributed by atoms with Crippen LogP contribution in [0.1, 0.15) is 48.5 Å². The van der Waals surface area contributed by atoms with Crippen LogP contribution in [0.2, 0.25) is 0 Å². The van der Waals surface area contributed by atoms with Crippen molar-refractivity contribution in [1.29, 1.82) is 0 Å². The fourth-order valence-corrected chi connectivity index (χ4v) is 5.27. The maximum absolute atomic E-state index is 14.6. The maximum atomic E-state index is 14.6. The summed E-state index contributed by atoms with van der Waals surface area (Å²) in [4.78, 5) is 32.7. The third kappa shape index (κ3) is 5.63. The van der Waals surface area contributed by atoms with E-state index in [1.54, 1.807) is 30.3 Å². The van der Waals surface area contributed by atoms with Gasteiger partial charge >= 0.3 is 0 Å². The van der Waals surface area contributed by atoms with Gasteiger partial charge in [0.15, 0.2) is 20.9 Å². The zero-order chi connectivity index (χ0) is 26.8. The number of halogens is 1. The van der Waals surface area contributed by atoms with E-state index < -0.39 is 32.6 Å². The van der Waals surface area contributed by atoms with Gasteiger partial charge in [0.25, 0.3) is 11.8 Å². The molecule has 37 heavy (non-hydrogen) atoms. The van der Waals surface area contributed by atoms with E-state index in [4.69, 9.17) is 14.3 Å². The highest BCUT2D eigenvalue weighted by atomic mass is 32.2. The zero-order valence-corrected chi connectivity index (χ0v) is 21.9. The van der Waals surface area contributed by atoms with Gasteiger partial charge in [-0.2, -0.15) is 0 Å². The van der Waals surface area contributed by atoms with Crippen molar-refractivity contribution in [3.63, 3.8) is 0 Å². The second kappa shape index (κ2) is 10.8. The summed E-state index contributed by atoms with van der Waals surface area (Å²) in [5, 5.41) is 0. The van der Waals surface area contributed by atoms with Crippen molar-refractivity contribution in [2.75, 3.05) is 26.5 Å². The Morgan fingerprint density at radius 2 is 1.97 bits per heavy atom. The molecule has 1 N–H and O–H groups in total. The molecule has 0 bridgehead atoms. The Hall–Kier alpha value is -3.02. The van der Waals surface area contributed by atoms with Gasteiger partial charge in [-0.15, -0.1) is 0 Å². The van der Waals surface area contributed by atoms with Crippen LogP contribution in [0.15, 0.2) is 36.4 Å². The summed E-state index contributed by atoms with van der Waals surface area (Å²) < 4.78 is 48.5. The fraction of sp³-hybridized carbons (Fsp3) is 0.462. The van der Waals surface area contributed by atoms with Gasteiger partial charge in [0.2, 0.25) is 0 Å². The standard InChI is InChI=1S/C26H31FN2O7S/c1-26(37(3,32)33,25(31)28-36-23-6-4-5-13-35-23)11-12-29-16-18-14-17(7-9-21(18)24(29)30)20-10-8-19(34-2)15-22(20)27/h7-10,14-15,23H,4-6,11-13,16H2,1-3H3,(H,28,31)/t23?,26-/m1/s1. The monoisotopic (exact) mass is 534 g/mol. The minimum atomic E-state index is -3.87. The predicted octanol–water partition coefficient (Wildman–Crippen LogP) is 3.22. The lowest BCUT2D eigenvalue weighted by atomic mass is 10.00. The topological polar surface area (TPSA) is 111 Å². The predicted molar refractivity (Wildman–Crippen MR) is 134 cm³/mol. The molecule has 0 spiro atoms. The molecule has 2 heterocycles. The number of hydrogen-bond acceptors (Lipinski definition) is 7. The van der Waals surface area contributed by atoms with E-state index in [0.717, 1.165) is 19.1 Å². The van der Waals surface area contributed by atoms with Crippen LogP contribution in [0.25, 0.3) is 11.1 Å². The van der Waals surface area contributed by atoms with E-state index in [9.17, 15) is 22.4 Å². The summed E-state index contributed by atoms with van der Waals surface area (Å²) in [6.07, 6.45) is 2.61. The summed E-state index contributed by atoms with van der Waals surface area (Å²) in [5.41, 5.74) is 4.39. The molecule has 1 fully saturated rings. The van der Waals surface area contributed by atoms with Gasteiger partial charge in [-0.1, -0.05) is 6.07 Å². The molecule has 0 saturated carbocycles. The molecule has 11 heteroatoms. The number of methoxy groups -OCH3 is 1. The Morgan fingerprint density at radius 3 is 2.62 bits per heavy atom. The molecule has 0 radical (unpaired) electrons. The fourth-order valence-electron chi connectivity index (χ4n) is 4.43. The Morgan fingerprint density at radius 1 is 1.22 bits per heavy atom. The number of carbonyl (C=O) groups is 2. The summed E-state index contributed by atoms with van der Waals surface area (Å²) in [5.74, 6) is -1.14. The molecule has 2 aliphatic heterocycles. The second-order valence-electron chi connectivity index (χ2n) is 9.54. The molecule has 2 aromatic carbocycles. The second-order valence-corrected chi connectivity index (χ2v) is 12.0. The molecule has 1 unspecified atom stereocenters. The molecule has 200 valence electrons. The number of fused-ring (bicyclic) bond motifs is 1. The first-order valence-electron chi connectivity index (χ1n) is 12.1. The van der Waals surface area contributed by atoms with Crippen LogP contribution in [0.3, 0.4) is 0 Å². The van der Waals surface area contributed by atoms with E-state index in [1.165, 1.54) is 25.0 Å². The number of nitrogens with one attached hydrogen (secondary N) is 1. The number of amides is 2. The lowest BCUT2D eigenvalue weighted by molar-refractivity contribution is -0.201. The molecule has 0 aromatic heterocycles. The van der Waals surface area contributed by atoms with Gasteiger partial charge < -0.3 is 14.4 Å². The average molecular weight is 535 g/mol. The number of nitrogens with zero attached hydrogens (tertiary/aromatic N) is 1. The molecule has 2 aromatic rings. The Bertz CT molecular complexity index is 1290. The highest BCUT2D eigenvalue weighted by molar-refractivity contribution is 7.92. The summed E-state index contributed by atoms with van der Waals surface area (Å²) >= 11 is 0. The number of rotatable bonds is 9. The Balaban J connectivity index is 1.45. The van der Waals surface area contributed by atoms with Crippen molar-refractivity contribution in [3.8, 4) is 16.9 Å². The molecule has 1 saturated heterocycles. The van der Waals surface area contributed by atoms with E-state index >= 15 is 0 Å². The molecule has 2 amide bonds. The highest BCUT2D eigenvalue weighted by Crippen LogP contribution is 2.32. The molecule has 2 atom stereocenters. The number of benzene rings is 2. The van der Waals surface area contributed by atoms with Crippen LogP contribution < -0.4 is 10.2 Å². The van der Waals surface area contributed by atoms with Crippen LogP contribution >= 0.6 is 0 Å². The third-order valence-electron chi connectivity index (χ3n) is 7.05. The Labute approximate surface area is 215 Å². The summed E-state index contributed by atoms with van der Waals surface area (Å²) in [6, 6.07) is 9.62.